The molecule has 1 aromatic carbocycles. The molecule has 0 bridgehead atoms. The molecular weight excluding hydrogens is 159 g/mol. The monoisotopic (exact) mass is 168 g/mol. The van der Waals surface area contributed by atoms with E-state index in [1.54, 1.807) is 6.91 Å². The van der Waals surface area contributed by atoms with Crippen LogP contribution in [0.25, 0.3) is 11.3 Å². The molecule has 13 heavy (non-hydrogen) atoms. The van der Waals surface area contributed by atoms with Crippen LogP contribution >= 0.6 is 0 Å². The summed E-state index contributed by atoms with van der Waals surface area (Å²) in [6.45, 7) is 1.78. The van der Waals surface area contributed by atoms with Crippen molar-refractivity contribution in [1.82, 2.24) is 4.98 Å². The zero-order valence-electron chi connectivity index (χ0n) is 7.14. The molecule has 0 aliphatic carbocycles. The molecule has 1 aromatic heterocycles. The number of nitrogens with zero attached hydrogens (tertiary/aromatic N) is 1. The average molecular weight is 168 g/mol. The topological polar surface area (TPSA) is 38.9 Å². The van der Waals surface area contributed by atoms with Crippen molar-refractivity contribution in [3.63, 3.8) is 0 Å². The van der Waals surface area contributed by atoms with E-state index in [1.165, 1.54) is 0 Å². The zero-order chi connectivity index (χ0) is 9.10. The van der Waals surface area contributed by atoms with E-state index in [9.17, 15) is 0 Å². The van der Waals surface area contributed by atoms with Crippen molar-refractivity contribution in [2.45, 2.75) is 0 Å². The Hall–Kier alpha value is -1.64. The summed E-state index contributed by atoms with van der Waals surface area (Å²) in [6.07, 6.45) is 0. The molecule has 0 saturated heterocycles. The summed E-state index contributed by atoms with van der Waals surface area (Å²) >= 11 is 0. The Morgan fingerprint density at radius 3 is 2.54 bits per heavy atom. The molecule has 2 nitrogen and oxygen atoms in total. The number of nitrogens with two attached hydrogens (primary N) is 1. The van der Waals surface area contributed by atoms with Crippen molar-refractivity contribution in [2.24, 2.45) is 0 Å². The van der Waals surface area contributed by atoms with Crippen LogP contribution in [-0.4, -0.2) is 11.9 Å². The van der Waals surface area contributed by atoms with Crippen LogP contribution in [0, 0.1) is 0 Å². The molecule has 0 atom stereocenters. The number of anilines is 1. The Bertz CT molecular complexity index is 401. The predicted molar refractivity (Wildman–Crippen MR) is 55.4 cm³/mol. The van der Waals surface area contributed by atoms with Gasteiger partial charge in [-0.15, -0.1) is 0 Å². The van der Waals surface area contributed by atoms with Crippen molar-refractivity contribution in [3.05, 3.63) is 42.4 Å². The number of aromatic nitrogens is 1. The fourth-order valence-corrected chi connectivity index (χ4v) is 1.22. The molecule has 0 amide bonds. The third kappa shape index (κ3) is 1.75. The first-order chi connectivity index (χ1) is 6.36. The van der Waals surface area contributed by atoms with Gasteiger partial charge in [-0.3, -0.25) is 0 Å². The van der Waals surface area contributed by atoms with Crippen molar-refractivity contribution in [3.8, 4) is 11.3 Å². The van der Waals surface area contributed by atoms with Crippen molar-refractivity contribution in [1.29, 1.82) is 0 Å². The summed E-state index contributed by atoms with van der Waals surface area (Å²) in [5, 5.41) is 0. The van der Waals surface area contributed by atoms with E-state index in [1.807, 2.05) is 42.4 Å². The van der Waals surface area contributed by atoms with Gasteiger partial charge in [0.2, 0.25) is 0 Å². The molecule has 1 heterocycles. The van der Waals surface area contributed by atoms with Gasteiger partial charge in [0, 0.05) is 0 Å². The summed E-state index contributed by atoms with van der Waals surface area (Å²) < 4.78 is 0. The molecule has 0 spiro atoms. The SMILES string of the molecule is Nc1bccc(-c2ccccc2)n1. The first-order valence-corrected chi connectivity index (χ1v) is 4.14. The minimum absolute atomic E-state index is 0.557. The fraction of sp³-hybridized carbons (Fsp3) is 0. The molecule has 2 rings (SSSR count). The van der Waals surface area contributed by atoms with Crippen LogP contribution < -0.4 is 5.73 Å². The molecule has 0 radical (unpaired) electrons. The van der Waals surface area contributed by atoms with Crippen LogP contribution in [0.1, 0.15) is 0 Å². The van der Waals surface area contributed by atoms with E-state index in [2.05, 4.69) is 4.98 Å². The first kappa shape index (κ1) is 7.99. The van der Waals surface area contributed by atoms with E-state index in [0.717, 1.165) is 11.3 Å². The quantitative estimate of drug-likeness (QED) is 0.703. The van der Waals surface area contributed by atoms with Gasteiger partial charge >= 0.3 is 77.0 Å². The summed E-state index contributed by atoms with van der Waals surface area (Å²) in [6, 6.07) is 11.9. The maximum atomic E-state index is 5.58. The number of hydrogen-bond donors (Lipinski definition) is 1. The van der Waals surface area contributed by atoms with Gasteiger partial charge in [-0.2, -0.15) is 0 Å². The Balaban J connectivity index is 2.48. The summed E-state index contributed by atoms with van der Waals surface area (Å²) in [7, 11) is 0. The van der Waals surface area contributed by atoms with Gasteiger partial charge in [-0.1, -0.05) is 0 Å². The van der Waals surface area contributed by atoms with Gasteiger partial charge in [0.25, 0.3) is 0 Å². The molecule has 0 aliphatic rings. The second-order valence-electron chi connectivity index (χ2n) is 2.81. The summed E-state index contributed by atoms with van der Waals surface area (Å²) in [4.78, 5) is 4.22. The molecular formula is C10H9BN2. The second-order valence-corrected chi connectivity index (χ2v) is 2.81. The second kappa shape index (κ2) is 3.39. The number of rotatable bonds is 1. The van der Waals surface area contributed by atoms with E-state index in [0.29, 0.717) is 5.71 Å². The van der Waals surface area contributed by atoms with Gasteiger partial charge < -0.3 is 0 Å². The number of benzene rings is 1. The Morgan fingerprint density at radius 1 is 1.08 bits per heavy atom. The molecule has 2 N–H and O–H groups in total. The molecule has 0 fully saturated rings. The first-order valence-electron chi connectivity index (χ1n) is 4.14. The molecule has 0 saturated carbocycles. The Labute approximate surface area is 77.6 Å². The minimum atomic E-state index is 0.557. The van der Waals surface area contributed by atoms with Crippen LogP contribution in [0.5, 0.6) is 0 Å². The van der Waals surface area contributed by atoms with Crippen molar-refractivity contribution >= 4 is 12.6 Å². The van der Waals surface area contributed by atoms with Crippen LogP contribution in [0.4, 0.5) is 5.71 Å². The van der Waals surface area contributed by atoms with E-state index >= 15 is 0 Å². The van der Waals surface area contributed by atoms with Gasteiger partial charge in [-0.05, 0) is 0 Å². The molecule has 0 unspecified atom stereocenters. The molecule has 3 heteroatoms. The average Bonchev–Trinajstić information content (AvgIpc) is 2.19. The third-order valence-electron chi connectivity index (χ3n) is 1.84. The van der Waals surface area contributed by atoms with Crippen LogP contribution in [0.15, 0.2) is 42.4 Å². The van der Waals surface area contributed by atoms with Gasteiger partial charge in [0.15, 0.2) is 0 Å². The van der Waals surface area contributed by atoms with E-state index in [-0.39, 0.29) is 0 Å². The summed E-state index contributed by atoms with van der Waals surface area (Å²) in [5.41, 5.74) is 8.15. The third-order valence-corrected chi connectivity index (χ3v) is 1.84. The standard InChI is InChI=1S/C10H9BN2/c12-10-11-7-6-9(13-10)8-4-2-1-3-5-8/h1-7H,(H2,12,13). The van der Waals surface area contributed by atoms with Crippen LogP contribution in [-0.2, 0) is 0 Å². The zero-order valence-corrected chi connectivity index (χ0v) is 7.14. The summed E-state index contributed by atoms with van der Waals surface area (Å²) in [5.74, 6) is 1.91. The van der Waals surface area contributed by atoms with E-state index < -0.39 is 0 Å². The van der Waals surface area contributed by atoms with Crippen LogP contribution in [0.2, 0.25) is 0 Å². The normalized spacial score (nSPS) is 9.54. The maximum absolute atomic E-state index is 5.58. The number of hydrogen-bond acceptors (Lipinski definition) is 2. The van der Waals surface area contributed by atoms with E-state index in [4.69, 9.17) is 5.73 Å². The van der Waals surface area contributed by atoms with Gasteiger partial charge in [0.1, 0.15) is 0 Å². The van der Waals surface area contributed by atoms with Crippen molar-refractivity contribution in [2.75, 3.05) is 5.73 Å². The molecule has 2 aromatic rings. The Morgan fingerprint density at radius 2 is 1.85 bits per heavy atom. The van der Waals surface area contributed by atoms with Gasteiger partial charge in [0.05, 0.1) is 0 Å². The Kier molecular flexibility index (Phi) is 2.09. The molecule has 62 valence electrons. The molecule has 0 aliphatic heterocycles. The number of nitrogen functional groups attached to an aromatic ring is 1. The predicted octanol–water partition coefficient (Wildman–Crippen LogP) is 1.67. The van der Waals surface area contributed by atoms with Crippen LogP contribution in [0.3, 0.4) is 0 Å². The fourth-order valence-electron chi connectivity index (χ4n) is 1.22. The van der Waals surface area contributed by atoms with Gasteiger partial charge in [-0.25, -0.2) is 0 Å². The van der Waals surface area contributed by atoms with Crippen molar-refractivity contribution < 1.29 is 0 Å².